The average molecular weight is 323 g/mol. The van der Waals surface area contributed by atoms with Gasteiger partial charge in [-0.3, -0.25) is 0 Å². The first kappa shape index (κ1) is 12.0. The number of aliphatic hydroxyl groups is 1. The maximum Gasteiger partial charge on any atom is 0.134 e. The number of aliphatic hydroxyl groups excluding tert-OH is 1. The van der Waals surface area contributed by atoms with Crippen LogP contribution in [0.3, 0.4) is 0 Å². The maximum absolute atomic E-state index is 10.5. The molecule has 0 spiro atoms. The fourth-order valence-electron chi connectivity index (χ4n) is 2.17. The monoisotopic (exact) mass is 322 g/mol. The molecule has 0 saturated carbocycles. The third-order valence-electron chi connectivity index (χ3n) is 3.03. The molecule has 0 bridgehead atoms. The molecule has 1 aromatic carbocycles. The lowest BCUT2D eigenvalue weighted by Crippen LogP contribution is -1.99. The molecule has 0 aliphatic heterocycles. The van der Waals surface area contributed by atoms with E-state index in [1.165, 1.54) is 0 Å². The Morgan fingerprint density at radius 3 is 2.78 bits per heavy atom. The van der Waals surface area contributed by atoms with Gasteiger partial charge in [-0.2, -0.15) is 11.3 Å². The van der Waals surface area contributed by atoms with E-state index in [2.05, 4.69) is 15.9 Å². The van der Waals surface area contributed by atoms with Crippen LogP contribution in [0.1, 0.15) is 23.0 Å². The Morgan fingerprint density at radius 1 is 1.28 bits per heavy atom. The molecule has 1 N–H and O–H groups in total. The number of rotatable bonds is 2. The molecule has 0 aliphatic rings. The standard InChI is InChI=1S/C14H11BrO2S/c1-8-13(9-4-2-3-5-12(9)17-8)14(16)10-6-18-7-11(10)15/h2-7,14,16H,1H3. The molecule has 18 heavy (non-hydrogen) atoms. The summed E-state index contributed by atoms with van der Waals surface area (Å²) in [5.74, 6) is 0.766. The first-order valence-electron chi connectivity index (χ1n) is 5.56. The van der Waals surface area contributed by atoms with Gasteiger partial charge in [-0.15, -0.1) is 0 Å². The van der Waals surface area contributed by atoms with Crippen LogP contribution in [0.25, 0.3) is 11.0 Å². The van der Waals surface area contributed by atoms with E-state index in [1.807, 2.05) is 41.9 Å². The highest BCUT2D eigenvalue weighted by Crippen LogP contribution is 2.37. The first-order valence-corrected chi connectivity index (χ1v) is 7.29. The minimum absolute atomic E-state index is 0.658. The molecule has 0 fully saturated rings. The average Bonchev–Trinajstić information content (AvgIpc) is 2.91. The summed E-state index contributed by atoms with van der Waals surface area (Å²) in [7, 11) is 0. The number of halogens is 1. The molecule has 1 atom stereocenters. The van der Waals surface area contributed by atoms with Crippen molar-refractivity contribution in [2.24, 2.45) is 0 Å². The summed E-state index contributed by atoms with van der Waals surface area (Å²) in [6.45, 7) is 1.89. The Morgan fingerprint density at radius 2 is 2.06 bits per heavy atom. The van der Waals surface area contributed by atoms with Gasteiger partial charge in [0.2, 0.25) is 0 Å². The Labute approximate surface area is 117 Å². The third-order valence-corrected chi connectivity index (χ3v) is 4.78. The number of furan rings is 1. The Kier molecular flexibility index (Phi) is 3.01. The Hall–Kier alpha value is -1.10. The van der Waals surface area contributed by atoms with Crippen LogP contribution in [0.15, 0.2) is 43.9 Å². The largest absolute Gasteiger partial charge is 0.461 e. The fourth-order valence-corrected chi connectivity index (χ4v) is 3.70. The second-order valence-electron chi connectivity index (χ2n) is 4.15. The molecule has 3 rings (SSSR count). The van der Waals surface area contributed by atoms with Crippen LogP contribution in [0.5, 0.6) is 0 Å². The molecule has 0 radical (unpaired) electrons. The van der Waals surface area contributed by atoms with Gasteiger partial charge in [-0.25, -0.2) is 0 Å². The number of thiophene rings is 1. The summed E-state index contributed by atoms with van der Waals surface area (Å²) in [6, 6.07) is 7.78. The summed E-state index contributed by atoms with van der Waals surface area (Å²) in [4.78, 5) is 0. The van der Waals surface area contributed by atoms with E-state index in [0.717, 1.165) is 32.3 Å². The summed E-state index contributed by atoms with van der Waals surface area (Å²) < 4.78 is 6.62. The quantitative estimate of drug-likeness (QED) is 0.745. The Balaban J connectivity index is 2.20. The molecule has 0 saturated heterocycles. The molecule has 2 heterocycles. The summed E-state index contributed by atoms with van der Waals surface area (Å²) in [6.07, 6.45) is -0.658. The van der Waals surface area contributed by atoms with Crippen LogP contribution in [-0.2, 0) is 0 Å². The van der Waals surface area contributed by atoms with Crippen LogP contribution in [0, 0.1) is 6.92 Å². The predicted molar refractivity (Wildman–Crippen MR) is 77.0 cm³/mol. The van der Waals surface area contributed by atoms with E-state index >= 15 is 0 Å². The molecule has 3 aromatic rings. The van der Waals surface area contributed by atoms with E-state index < -0.39 is 6.10 Å². The zero-order valence-corrected chi connectivity index (χ0v) is 12.1. The molecular weight excluding hydrogens is 312 g/mol. The van der Waals surface area contributed by atoms with E-state index in [1.54, 1.807) is 11.3 Å². The third kappa shape index (κ3) is 1.81. The first-order chi connectivity index (χ1) is 8.68. The minimum atomic E-state index is -0.658. The maximum atomic E-state index is 10.5. The highest BCUT2D eigenvalue weighted by Gasteiger charge is 2.22. The fraction of sp³-hybridized carbons (Fsp3) is 0.143. The highest BCUT2D eigenvalue weighted by atomic mass is 79.9. The van der Waals surface area contributed by atoms with Gasteiger partial charge in [0, 0.05) is 26.4 Å². The van der Waals surface area contributed by atoms with Gasteiger partial charge < -0.3 is 9.52 Å². The van der Waals surface area contributed by atoms with E-state index in [9.17, 15) is 5.11 Å². The van der Waals surface area contributed by atoms with E-state index in [0.29, 0.717) is 0 Å². The molecule has 4 heteroatoms. The van der Waals surface area contributed by atoms with Gasteiger partial charge in [0.05, 0.1) is 0 Å². The van der Waals surface area contributed by atoms with Crippen molar-refractivity contribution in [2.75, 3.05) is 0 Å². The van der Waals surface area contributed by atoms with Gasteiger partial charge >= 0.3 is 0 Å². The van der Waals surface area contributed by atoms with Gasteiger partial charge in [-0.1, -0.05) is 18.2 Å². The number of para-hydroxylation sites is 1. The summed E-state index contributed by atoms with van der Waals surface area (Å²) >= 11 is 5.03. The van der Waals surface area contributed by atoms with Crippen LogP contribution in [-0.4, -0.2) is 5.11 Å². The van der Waals surface area contributed by atoms with Crippen molar-refractivity contribution in [1.82, 2.24) is 0 Å². The van der Waals surface area contributed by atoms with Crippen LogP contribution < -0.4 is 0 Å². The second-order valence-corrected chi connectivity index (χ2v) is 5.74. The van der Waals surface area contributed by atoms with Crippen molar-refractivity contribution in [3.63, 3.8) is 0 Å². The van der Waals surface area contributed by atoms with Crippen LogP contribution in [0.4, 0.5) is 0 Å². The zero-order chi connectivity index (χ0) is 12.7. The molecule has 2 aromatic heterocycles. The molecule has 0 amide bonds. The SMILES string of the molecule is Cc1oc2ccccc2c1C(O)c1cscc1Br. The van der Waals surface area contributed by atoms with E-state index in [-0.39, 0.29) is 0 Å². The zero-order valence-electron chi connectivity index (χ0n) is 9.68. The van der Waals surface area contributed by atoms with Crippen LogP contribution >= 0.6 is 27.3 Å². The van der Waals surface area contributed by atoms with Crippen molar-refractivity contribution < 1.29 is 9.52 Å². The van der Waals surface area contributed by atoms with Gasteiger partial charge in [0.1, 0.15) is 17.4 Å². The molecule has 2 nitrogen and oxygen atoms in total. The lowest BCUT2D eigenvalue weighted by molar-refractivity contribution is 0.219. The summed E-state index contributed by atoms with van der Waals surface area (Å²) in [5, 5.41) is 15.4. The van der Waals surface area contributed by atoms with Gasteiger partial charge in [-0.05, 0) is 34.3 Å². The molecule has 0 aliphatic carbocycles. The lowest BCUT2D eigenvalue weighted by Gasteiger charge is -2.09. The molecule has 1 unspecified atom stereocenters. The van der Waals surface area contributed by atoms with E-state index in [4.69, 9.17) is 4.42 Å². The topological polar surface area (TPSA) is 33.4 Å². The number of hydrogen-bond donors (Lipinski definition) is 1. The number of aryl methyl sites for hydroxylation is 1. The molecular formula is C14H11BrO2S. The smallest absolute Gasteiger partial charge is 0.134 e. The van der Waals surface area contributed by atoms with Gasteiger partial charge in [0.25, 0.3) is 0 Å². The summed E-state index contributed by atoms with van der Waals surface area (Å²) in [5.41, 5.74) is 2.55. The van der Waals surface area contributed by atoms with Crippen molar-refractivity contribution in [1.29, 1.82) is 0 Å². The highest BCUT2D eigenvalue weighted by molar-refractivity contribution is 9.10. The number of hydrogen-bond acceptors (Lipinski definition) is 3. The van der Waals surface area contributed by atoms with Gasteiger partial charge in [0.15, 0.2) is 0 Å². The van der Waals surface area contributed by atoms with Crippen LogP contribution in [0.2, 0.25) is 0 Å². The second kappa shape index (κ2) is 4.53. The minimum Gasteiger partial charge on any atom is -0.461 e. The molecule has 92 valence electrons. The normalized spacial score (nSPS) is 13.1. The van der Waals surface area contributed by atoms with Crippen molar-refractivity contribution in [3.05, 3.63) is 56.4 Å². The Bertz CT molecular complexity index is 699. The van der Waals surface area contributed by atoms with Crippen molar-refractivity contribution >= 4 is 38.2 Å². The van der Waals surface area contributed by atoms with Crippen molar-refractivity contribution in [3.8, 4) is 0 Å². The predicted octanol–water partition coefficient (Wildman–Crippen LogP) is 4.65. The lowest BCUT2D eigenvalue weighted by atomic mass is 10.0. The number of fused-ring (bicyclic) bond motifs is 1. The van der Waals surface area contributed by atoms with Crippen molar-refractivity contribution in [2.45, 2.75) is 13.0 Å². The number of benzene rings is 1.